The SMILES string of the molecule is CCN1CCN(C2CC(=O)N(c3cccc(C)c3)C(=O)N2)CC1. The molecule has 2 aliphatic rings. The predicted octanol–water partition coefficient (Wildman–Crippen LogP) is 1.40. The van der Waals surface area contributed by atoms with Gasteiger partial charge in [-0.2, -0.15) is 0 Å². The topological polar surface area (TPSA) is 55.9 Å². The fourth-order valence-electron chi connectivity index (χ4n) is 3.27. The van der Waals surface area contributed by atoms with E-state index in [1.165, 1.54) is 4.90 Å². The lowest BCUT2D eigenvalue weighted by atomic mass is 10.1. The molecule has 2 fully saturated rings. The first-order valence-electron chi connectivity index (χ1n) is 8.25. The number of hydrogen-bond donors (Lipinski definition) is 1. The van der Waals surface area contributed by atoms with Crippen molar-refractivity contribution in [3.63, 3.8) is 0 Å². The van der Waals surface area contributed by atoms with Crippen LogP contribution in [0.15, 0.2) is 24.3 Å². The highest BCUT2D eigenvalue weighted by atomic mass is 16.2. The Bertz CT molecular complexity index is 578. The second-order valence-electron chi connectivity index (χ2n) is 6.21. The summed E-state index contributed by atoms with van der Waals surface area (Å²) in [7, 11) is 0. The number of hydrogen-bond acceptors (Lipinski definition) is 4. The number of benzene rings is 1. The zero-order valence-electron chi connectivity index (χ0n) is 13.8. The third-order valence-electron chi connectivity index (χ3n) is 4.67. The Morgan fingerprint density at radius 3 is 2.52 bits per heavy atom. The summed E-state index contributed by atoms with van der Waals surface area (Å²) in [6.45, 7) is 8.89. The van der Waals surface area contributed by atoms with E-state index in [9.17, 15) is 9.59 Å². The third kappa shape index (κ3) is 3.38. The number of carbonyl (C=O) groups excluding carboxylic acids is 2. The number of amides is 3. The fourth-order valence-corrected chi connectivity index (χ4v) is 3.27. The number of aryl methyl sites for hydroxylation is 1. The molecule has 6 nitrogen and oxygen atoms in total. The fraction of sp³-hybridized carbons (Fsp3) is 0.529. The minimum atomic E-state index is -0.324. The van der Waals surface area contributed by atoms with Crippen LogP contribution in [0, 0.1) is 6.92 Å². The summed E-state index contributed by atoms with van der Waals surface area (Å²) >= 11 is 0. The molecule has 1 unspecified atom stereocenters. The van der Waals surface area contributed by atoms with Crippen molar-refractivity contribution < 1.29 is 9.59 Å². The van der Waals surface area contributed by atoms with Crippen molar-refractivity contribution in [3.8, 4) is 0 Å². The first kappa shape index (κ1) is 16.0. The minimum Gasteiger partial charge on any atom is -0.321 e. The number of rotatable bonds is 3. The molecule has 0 saturated carbocycles. The van der Waals surface area contributed by atoms with Crippen LogP contribution in [0.4, 0.5) is 10.5 Å². The predicted molar refractivity (Wildman–Crippen MR) is 89.3 cm³/mol. The van der Waals surface area contributed by atoms with Gasteiger partial charge in [0.2, 0.25) is 5.91 Å². The number of imide groups is 1. The summed E-state index contributed by atoms with van der Waals surface area (Å²) < 4.78 is 0. The van der Waals surface area contributed by atoms with E-state index in [2.05, 4.69) is 22.0 Å². The average molecular weight is 316 g/mol. The van der Waals surface area contributed by atoms with Gasteiger partial charge in [-0.25, -0.2) is 9.69 Å². The second kappa shape index (κ2) is 6.68. The van der Waals surface area contributed by atoms with E-state index in [4.69, 9.17) is 0 Å². The quantitative estimate of drug-likeness (QED) is 0.916. The van der Waals surface area contributed by atoms with Crippen molar-refractivity contribution >= 4 is 17.6 Å². The highest BCUT2D eigenvalue weighted by Crippen LogP contribution is 2.22. The summed E-state index contributed by atoms with van der Waals surface area (Å²) in [6, 6.07) is 7.14. The number of carbonyl (C=O) groups is 2. The van der Waals surface area contributed by atoms with Crippen LogP contribution >= 0.6 is 0 Å². The van der Waals surface area contributed by atoms with E-state index < -0.39 is 0 Å². The molecule has 2 heterocycles. The van der Waals surface area contributed by atoms with Crippen molar-refractivity contribution in [2.24, 2.45) is 0 Å². The van der Waals surface area contributed by atoms with Crippen LogP contribution in [0.25, 0.3) is 0 Å². The van der Waals surface area contributed by atoms with Crippen LogP contribution < -0.4 is 10.2 Å². The molecule has 0 aromatic heterocycles. The van der Waals surface area contributed by atoms with Crippen LogP contribution in [0.2, 0.25) is 0 Å². The zero-order valence-corrected chi connectivity index (χ0v) is 13.8. The molecule has 1 aromatic rings. The Morgan fingerprint density at radius 2 is 1.91 bits per heavy atom. The number of likely N-dealkylation sites (N-methyl/N-ethyl adjacent to an activating group) is 1. The van der Waals surface area contributed by atoms with Crippen molar-refractivity contribution in [2.75, 3.05) is 37.6 Å². The number of nitrogens with one attached hydrogen (secondary N) is 1. The molecule has 124 valence electrons. The van der Waals surface area contributed by atoms with Crippen molar-refractivity contribution in [1.29, 1.82) is 0 Å². The van der Waals surface area contributed by atoms with Gasteiger partial charge in [0.05, 0.1) is 18.3 Å². The lowest BCUT2D eigenvalue weighted by Gasteiger charge is -2.42. The van der Waals surface area contributed by atoms with E-state index in [1.54, 1.807) is 6.07 Å². The van der Waals surface area contributed by atoms with E-state index in [-0.39, 0.29) is 18.1 Å². The first-order valence-corrected chi connectivity index (χ1v) is 8.25. The molecule has 6 heteroatoms. The van der Waals surface area contributed by atoms with Crippen LogP contribution in [-0.2, 0) is 4.79 Å². The number of urea groups is 1. The maximum absolute atomic E-state index is 12.5. The Morgan fingerprint density at radius 1 is 1.17 bits per heavy atom. The molecule has 1 atom stereocenters. The molecule has 3 amide bonds. The monoisotopic (exact) mass is 316 g/mol. The highest BCUT2D eigenvalue weighted by molar-refractivity contribution is 6.16. The number of piperazine rings is 1. The second-order valence-corrected chi connectivity index (χ2v) is 6.21. The van der Waals surface area contributed by atoms with Gasteiger partial charge in [0, 0.05) is 26.2 Å². The first-order chi connectivity index (χ1) is 11.1. The van der Waals surface area contributed by atoms with Gasteiger partial charge in [-0.1, -0.05) is 19.1 Å². The maximum Gasteiger partial charge on any atom is 0.329 e. The normalized spacial score (nSPS) is 23.9. The molecule has 0 aliphatic carbocycles. The van der Waals surface area contributed by atoms with E-state index in [0.717, 1.165) is 38.3 Å². The standard InChI is InChI=1S/C17H24N4O2/c1-3-19-7-9-20(10-8-19)15-12-16(22)21(17(23)18-15)14-6-4-5-13(2)11-14/h4-6,11,15H,3,7-10,12H2,1-2H3,(H,18,23). The van der Waals surface area contributed by atoms with Crippen LogP contribution in [0.3, 0.4) is 0 Å². The van der Waals surface area contributed by atoms with Gasteiger partial charge >= 0.3 is 6.03 Å². The maximum atomic E-state index is 12.5. The Hall–Kier alpha value is -1.92. The largest absolute Gasteiger partial charge is 0.329 e. The number of anilines is 1. The molecule has 2 aliphatic heterocycles. The van der Waals surface area contributed by atoms with Crippen LogP contribution in [-0.4, -0.2) is 60.6 Å². The minimum absolute atomic E-state index is 0.137. The summed E-state index contributed by atoms with van der Waals surface area (Å²) in [5, 5.41) is 2.99. The van der Waals surface area contributed by atoms with E-state index >= 15 is 0 Å². The van der Waals surface area contributed by atoms with Crippen molar-refractivity contribution in [2.45, 2.75) is 26.4 Å². The molecule has 0 bridgehead atoms. The average Bonchev–Trinajstić information content (AvgIpc) is 2.54. The van der Waals surface area contributed by atoms with Gasteiger partial charge < -0.3 is 10.2 Å². The lowest BCUT2D eigenvalue weighted by molar-refractivity contribution is -0.120. The van der Waals surface area contributed by atoms with Crippen molar-refractivity contribution in [1.82, 2.24) is 15.1 Å². The van der Waals surface area contributed by atoms with Gasteiger partial charge in [-0.15, -0.1) is 0 Å². The van der Waals surface area contributed by atoms with Crippen molar-refractivity contribution in [3.05, 3.63) is 29.8 Å². The molecule has 0 spiro atoms. The smallest absolute Gasteiger partial charge is 0.321 e. The molecular formula is C17H24N4O2. The highest BCUT2D eigenvalue weighted by Gasteiger charge is 2.36. The van der Waals surface area contributed by atoms with E-state index in [1.807, 2.05) is 25.1 Å². The Kier molecular flexibility index (Phi) is 4.63. The van der Waals surface area contributed by atoms with Crippen LogP contribution in [0.5, 0.6) is 0 Å². The lowest BCUT2D eigenvalue weighted by Crippen LogP contribution is -2.63. The summed E-state index contributed by atoms with van der Waals surface area (Å²) in [5.74, 6) is -0.137. The van der Waals surface area contributed by atoms with Crippen LogP contribution in [0.1, 0.15) is 18.9 Å². The third-order valence-corrected chi connectivity index (χ3v) is 4.67. The van der Waals surface area contributed by atoms with Gasteiger partial charge in [0.15, 0.2) is 0 Å². The molecule has 3 rings (SSSR count). The van der Waals surface area contributed by atoms with Gasteiger partial charge in [0.1, 0.15) is 0 Å². The molecule has 0 radical (unpaired) electrons. The molecule has 23 heavy (non-hydrogen) atoms. The van der Waals surface area contributed by atoms with E-state index in [0.29, 0.717) is 12.1 Å². The zero-order chi connectivity index (χ0) is 16.4. The molecule has 2 saturated heterocycles. The summed E-state index contributed by atoms with van der Waals surface area (Å²) in [4.78, 5) is 30.8. The van der Waals surface area contributed by atoms with Gasteiger partial charge in [0.25, 0.3) is 0 Å². The molecule has 1 aromatic carbocycles. The summed E-state index contributed by atoms with van der Waals surface area (Å²) in [6.07, 6.45) is 0.140. The van der Waals surface area contributed by atoms with Gasteiger partial charge in [-0.3, -0.25) is 9.69 Å². The molecule has 1 N–H and O–H groups in total. The number of nitrogens with zero attached hydrogens (tertiary/aromatic N) is 3. The van der Waals surface area contributed by atoms with Gasteiger partial charge in [-0.05, 0) is 31.2 Å². The summed E-state index contributed by atoms with van der Waals surface area (Å²) in [5.41, 5.74) is 1.67. The Labute approximate surface area is 137 Å². The Balaban J connectivity index is 1.68. The molecular weight excluding hydrogens is 292 g/mol.